The van der Waals surface area contributed by atoms with E-state index in [0.717, 1.165) is 35.9 Å². The van der Waals surface area contributed by atoms with Crippen molar-refractivity contribution in [2.75, 3.05) is 31.1 Å². The number of aromatic nitrogens is 2. The molecule has 2 aromatic heterocycles. The Hall–Kier alpha value is -3.27. The van der Waals surface area contributed by atoms with E-state index in [9.17, 15) is 19.7 Å². The van der Waals surface area contributed by atoms with Crippen LogP contribution in [0.15, 0.2) is 29.1 Å². The molecule has 1 aliphatic heterocycles. The molecule has 0 spiro atoms. The lowest BCUT2D eigenvalue weighted by atomic mass is 9.97. The van der Waals surface area contributed by atoms with Crippen LogP contribution in [0.2, 0.25) is 0 Å². The first-order chi connectivity index (χ1) is 15.4. The third-order valence-corrected chi connectivity index (χ3v) is 7.51. The minimum absolute atomic E-state index is 0.000462. The highest BCUT2D eigenvalue weighted by Gasteiger charge is 2.27. The number of anilines is 1. The number of piperazine rings is 1. The summed E-state index contributed by atoms with van der Waals surface area (Å²) in [6.45, 7) is 1.99. The summed E-state index contributed by atoms with van der Waals surface area (Å²) in [5, 5.41) is 11.8. The summed E-state index contributed by atoms with van der Waals surface area (Å²) in [5.74, 6) is 0.403. The quantitative estimate of drug-likeness (QED) is 0.446. The van der Waals surface area contributed by atoms with Gasteiger partial charge in [-0.05, 0) is 37.3 Å². The van der Waals surface area contributed by atoms with E-state index in [0.29, 0.717) is 37.7 Å². The Balaban J connectivity index is 1.37. The molecule has 10 heteroatoms. The van der Waals surface area contributed by atoms with Crippen LogP contribution in [0.4, 0.5) is 11.6 Å². The lowest BCUT2D eigenvalue weighted by Crippen LogP contribution is -2.50. The predicted molar refractivity (Wildman–Crippen MR) is 123 cm³/mol. The molecule has 0 N–H and O–H groups in total. The molecule has 5 rings (SSSR count). The fourth-order valence-electron chi connectivity index (χ4n) is 4.60. The first-order valence-corrected chi connectivity index (χ1v) is 11.6. The van der Waals surface area contributed by atoms with Gasteiger partial charge < -0.3 is 9.80 Å². The Morgan fingerprint density at radius 1 is 1.16 bits per heavy atom. The van der Waals surface area contributed by atoms with Crippen molar-refractivity contribution in [3.63, 3.8) is 0 Å². The molecule has 1 saturated heterocycles. The summed E-state index contributed by atoms with van der Waals surface area (Å²) in [4.78, 5) is 47.2. The Labute approximate surface area is 188 Å². The van der Waals surface area contributed by atoms with Crippen molar-refractivity contribution in [1.82, 2.24) is 14.5 Å². The molecule has 9 nitrogen and oxygen atoms in total. The molecule has 32 heavy (non-hydrogen) atoms. The van der Waals surface area contributed by atoms with Crippen molar-refractivity contribution >= 4 is 39.1 Å². The van der Waals surface area contributed by atoms with Gasteiger partial charge in [-0.2, -0.15) is 0 Å². The van der Waals surface area contributed by atoms with Crippen molar-refractivity contribution in [2.24, 2.45) is 7.05 Å². The van der Waals surface area contributed by atoms with E-state index in [-0.39, 0.29) is 17.2 Å². The molecule has 0 saturated carbocycles. The molecule has 0 atom stereocenters. The SMILES string of the molecule is Cn1c(N2CCN(C(=O)c3cccc([N+](=O)[O-])c3)CC2)nc2sc3c(c2c1=O)CCCC3. The molecule has 2 aliphatic rings. The number of hydrogen-bond donors (Lipinski definition) is 0. The van der Waals surface area contributed by atoms with Crippen LogP contribution in [0.5, 0.6) is 0 Å². The van der Waals surface area contributed by atoms with Crippen LogP contribution in [0, 0.1) is 10.1 Å². The van der Waals surface area contributed by atoms with Gasteiger partial charge in [0.05, 0.1) is 10.3 Å². The monoisotopic (exact) mass is 453 g/mol. The van der Waals surface area contributed by atoms with Gasteiger partial charge >= 0.3 is 0 Å². The molecular weight excluding hydrogens is 430 g/mol. The minimum atomic E-state index is -0.501. The number of aryl methyl sites for hydroxylation is 2. The Morgan fingerprint density at radius 2 is 1.91 bits per heavy atom. The van der Waals surface area contributed by atoms with Gasteiger partial charge in [0.25, 0.3) is 17.2 Å². The highest BCUT2D eigenvalue weighted by Crippen LogP contribution is 2.34. The van der Waals surface area contributed by atoms with E-state index in [1.54, 1.807) is 33.9 Å². The van der Waals surface area contributed by atoms with Crippen LogP contribution in [0.3, 0.4) is 0 Å². The summed E-state index contributed by atoms with van der Waals surface area (Å²) in [7, 11) is 1.76. The van der Waals surface area contributed by atoms with Crippen molar-refractivity contribution in [3.8, 4) is 0 Å². The zero-order valence-corrected chi connectivity index (χ0v) is 18.6. The van der Waals surface area contributed by atoms with Crippen LogP contribution in [-0.4, -0.2) is 51.5 Å². The number of non-ortho nitro benzene ring substituents is 1. The van der Waals surface area contributed by atoms with Crippen molar-refractivity contribution in [2.45, 2.75) is 25.7 Å². The summed E-state index contributed by atoms with van der Waals surface area (Å²) in [5.41, 5.74) is 1.40. The standard InChI is InChI=1S/C22H23N5O4S/c1-24-21(29)18-16-7-2-3-8-17(16)32-19(18)23-22(24)26-11-9-25(10-12-26)20(28)14-5-4-6-15(13-14)27(30)31/h4-6,13H,2-3,7-12H2,1H3. The summed E-state index contributed by atoms with van der Waals surface area (Å²) < 4.78 is 1.63. The smallest absolute Gasteiger partial charge is 0.270 e. The number of carbonyl (C=O) groups is 1. The average molecular weight is 454 g/mol. The maximum atomic E-state index is 13.2. The van der Waals surface area contributed by atoms with E-state index in [4.69, 9.17) is 4.98 Å². The first-order valence-electron chi connectivity index (χ1n) is 10.7. The number of hydrogen-bond acceptors (Lipinski definition) is 7. The molecule has 1 aliphatic carbocycles. The second-order valence-electron chi connectivity index (χ2n) is 8.25. The van der Waals surface area contributed by atoms with Crippen LogP contribution >= 0.6 is 11.3 Å². The number of thiophene rings is 1. The molecule has 1 fully saturated rings. The van der Waals surface area contributed by atoms with Gasteiger partial charge in [0.15, 0.2) is 0 Å². The van der Waals surface area contributed by atoms with Crippen molar-refractivity contribution < 1.29 is 9.72 Å². The maximum Gasteiger partial charge on any atom is 0.270 e. The van der Waals surface area contributed by atoms with Crippen molar-refractivity contribution in [3.05, 3.63) is 60.7 Å². The van der Waals surface area contributed by atoms with Crippen LogP contribution in [-0.2, 0) is 19.9 Å². The molecule has 3 heterocycles. The number of carbonyl (C=O) groups excluding carboxylic acids is 1. The molecule has 166 valence electrons. The van der Waals surface area contributed by atoms with Gasteiger partial charge in [0.1, 0.15) is 4.83 Å². The first kappa shape index (κ1) is 20.6. The molecule has 3 aromatic rings. The number of nitro benzene ring substituents is 1. The third-order valence-electron chi connectivity index (χ3n) is 6.33. The predicted octanol–water partition coefficient (Wildman–Crippen LogP) is 2.74. The summed E-state index contributed by atoms with van der Waals surface area (Å²) in [6, 6.07) is 5.81. The van der Waals surface area contributed by atoms with Gasteiger partial charge in [-0.25, -0.2) is 4.98 Å². The van der Waals surface area contributed by atoms with E-state index < -0.39 is 4.92 Å². The molecule has 0 bridgehead atoms. The van der Waals surface area contributed by atoms with E-state index in [2.05, 4.69) is 0 Å². The number of rotatable bonds is 3. The number of fused-ring (bicyclic) bond motifs is 3. The molecule has 0 unspecified atom stereocenters. The highest BCUT2D eigenvalue weighted by molar-refractivity contribution is 7.18. The largest absolute Gasteiger partial charge is 0.339 e. The Morgan fingerprint density at radius 3 is 2.66 bits per heavy atom. The van der Waals surface area contributed by atoms with E-state index in [1.807, 2.05) is 4.90 Å². The van der Waals surface area contributed by atoms with Gasteiger partial charge in [-0.3, -0.25) is 24.3 Å². The van der Waals surface area contributed by atoms with Crippen LogP contribution in [0.25, 0.3) is 10.2 Å². The normalized spacial score (nSPS) is 16.3. The summed E-state index contributed by atoms with van der Waals surface area (Å²) >= 11 is 1.64. The maximum absolute atomic E-state index is 13.2. The highest BCUT2D eigenvalue weighted by atomic mass is 32.1. The van der Waals surface area contributed by atoms with E-state index >= 15 is 0 Å². The lowest BCUT2D eigenvalue weighted by Gasteiger charge is -2.35. The van der Waals surface area contributed by atoms with Crippen molar-refractivity contribution in [1.29, 1.82) is 0 Å². The fourth-order valence-corrected chi connectivity index (χ4v) is 5.85. The zero-order valence-electron chi connectivity index (χ0n) is 17.7. The Bertz CT molecular complexity index is 1290. The average Bonchev–Trinajstić information content (AvgIpc) is 3.19. The summed E-state index contributed by atoms with van der Waals surface area (Å²) in [6.07, 6.45) is 4.25. The second kappa shape index (κ2) is 8.01. The zero-order chi connectivity index (χ0) is 22.4. The fraction of sp³-hybridized carbons (Fsp3) is 0.409. The van der Waals surface area contributed by atoms with Crippen LogP contribution in [0.1, 0.15) is 33.6 Å². The van der Waals surface area contributed by atoms with Crippen LogP contribution < -0.4 is 10.5 Å². The van der Waals surface area contributed by atoms with Gasteiger partial charge in [0.2, 0.25) is 5.95 Å². The minimum Gasteiger partial charge on any atom is -0.339 e. The number of amides is 1. The molecular formula is C22H23N5O4S. The molecule has 1 amide bonds. The van der Waals surface area contributed by atoms with E-state index in [1.165, 1.54) is 28.6 Å². The topological polar surface area (TPSA) is 102 Å². The number of benzene rings is 1. The third kappa shape index (κ3) is 3.44. The van der Waals surface area contributed by atoms with Gasteiger partial charge in [-0.1, -0.05) is 6.07 Å². The number of nitro groups is 1. The van der Waals surface area contributed by atoms with Gasteiger partial charge in [0, 0.05) is 55.8 Å². The molecule has 0 radical (unpaired) electrons. The Kier molecular flexibility index (Phi) is 5.16. The van der Waals surface area contributed by atoms with Gasteiger partial charge in [-0.15, -0.1) is 11.3 Å². The lowest BCUT2D eigenvalue weighted by molar-refractivity contribution is -0.384. The second-order valence-corrected chi connectivity index (χ2v) is 9.34. The number of nitrogens with zero attached hydrogens (tertiary/aromatic N) is 5. The molecule has 1 aromatic carbocycles.